The van der Waals surface area contributed by atoms with E-state index in [2.05, 4.69) is 28.2 Å². The quantitative estimate of drug-likeness (QED) is 0.906. The largest absolute Gasteiger partial charge is 0.381 e. The summed E-state index contributed by atoms with van der Waals surface area (Å²) in [5.41, 5.74) is 9.07. The summed E-state index contributed by atoms with van der Waals surface area (Å²) in [6.07, 6.45) is 0. The first-order valence-electron chi connectivity index (χ1n) is 5.95. The molecule has 2 aromatic carbocycles. The van der Waals surface area contributed by atoms with Gasteiger partial charge in [-0.3, -0.25) is 4.79 Å². The zero-order valence-electron chi connectivity index (χ0n) is 10.6. The first-order chi connectivity index (χ1) is 9.06. The minimum absolute atomic E-state index is 0.402. The highest BCUT2D eigenvalue weighted by Gasteiger charge is 2.02. The highest BCUT2D eigenvalue weighted by atomic mass is 79.9. The maximum Gasteiger partial charge on any atom is 0.248 e. The van der Waals surface area contributed by atoms with Crippen LogP contribution in [0.4, 0.5) is 5.69 Å². The van der Waals surface area contributed by atoms with Crippen molar-refractivity contribution >= 4 is 27.5 Å². The highest BCUT2D eigenvalue weighted by molar-refractivity contribution is 9.10. The van der Waals surface area contributed by atoms with Gasteiger partial charge in [0.05, 0.1) is 0 Å². The van der Waals surface area contributed by atoms with Gasteiger partial charge in [0, 0.05) is 22.3 Å². The minimum atomic E-state index is -0.402. The molecule has 0 fully saturated rings. The van der Waals surface area contributed by atoms with Gasteiger partial charge in [0.25, 0.3) is 0 Å². The van der Waals surface area contributed by atoms with Crippen LogP contribution < -0.4 is 11.1 Å². The number of nitrogens with one attached hydrogen (secondary N) is 1. The molecule has 0 aromatic heterocycles. The molecule has 0 bridgehead atoms. The number of carbonyl (C=O) groups is 1. The molecule has 0 aliphatic rings. The molecular weight excluding hydrogens is 304 g/mol. The molecular formula is C15H15BrN2O. The fourth-order valence-electron chi connectivity index (χ4n) is 1.82. The van der Waals surface area contributed by atoms with Crippen molar-refractivity contribution in [2.45, 2.75) is 13.5 Å². The first kappa shape index (κ1) is 13.6. The average Bonchev–Trinajstić information content (AvgIpc) is 2.40. The van der Waals surface area contributed by atoms with E-state index in [-0.39, 0.29) is 0 Å². The Bertz CT molecular complexity index is 611. The van der Waals surface area contributed by atoms with Crippen molar-refractivity contribution in [3.05, 3.63) is 63.6 Å². The lowest BCUT2D eigenvalue weighted by atomic mass is 10.1. The zero-order valence-corrected chi connectivity index (χ0v) is 12.2. The van der Waals surface area contributed by atoms with Gasteiger partial charge >= 0.3 is 0 Å². The predicted octanol–water partition coefficient (Wildman–Crippen LogP) is 3.47. The van der Waals surface area contributed by atoms with Crippen molar-refractivity contribution in [1.82, 2.24) is 0 Å². The standard InChI is InChI=1S/C15H15BrN2O/c1-10-5-6-13(16)8-14(10)18-9-11-3-2-4-12(7-11)15(17)19/h2-8,18H,9H2,1H3,(H2,17,19). The Balaban J connectivity index is 2.12. The van der Waals surface area contributed by atoms with Crippen LogP contribution in [0, 0.1) is 6.92 Å². The number of anilines is 1. The van der Waals surface area contributed by atoms with Gasteiger partial charge < -0.3 is 11.1 Å². The fourth-order valence-corrected chi connectivity index (χ4v) is 2.18. The van der Waals surface area contributed by atoms with Crippen LogP contribution in [0.3, 0.4) is 0 Å². The number of hydrogen-bond donors (Lipinski definition) is 2. The number of nitrogens with two attached hydrogens (primary N) is 1. The summed E-state index contributed by atoms with van der Waals surface area (Å²) in [6.45, 7) is 2.70. The van der Waals surface area contributed by atoms with Gasteiger partial charge in [0.1, 0.15) is 0 Å². The monoisotopic (exact) mass is 318 g/mol. The van der Waals surface area contributed by atoms with Gasteiger partial charge in [-0.15, -0.1) is 0 Å². The molecule has 0 aliphatic heterocycles. The number of benzene rings is 2. The number of rotatable bonds is 4. The molecule has 0 saturated heterocycles. The molecule has 0 heterocycles. The molecule has 0 spiro atoms. The molecule has 3 N–H and O–H groups in total. The molecule has 4 heteroatoms. The Labute approximate surface area is 121 Å². The Morgan fingerprint density at radius 2 is 2.05 bits per heavy atom. The van der Waals surface area contributed by atoms with E-state index in [1.807, 2.05) is 36.4 Å². The molecule has 0 aliphatic carbocycles. The number of primary amides is 1. The zero-order chi connectivity index (χ0) is 13.8. The van der Waals surface area contributed by atoms with Crippen LogP contribution in [0.5, 0.6) is 0 Å². The van der Waals surface area contributed by atoms with E-state index in [1.54, 1.807) is 6.07 Å². The van der Waals surface area contributed by atoms with Crippen molar-refractivity contribution in [2.75, 3.05) is 5.32 Å². The molecule has 98 valence electrons. The molecule has 1 amide bonds. The van der Waals surface area contributed by atoms with Gasteiger partial charge in [-0.1, -0.05) is 34.1 Å². The second kappa shape index (κ2) is 5.89. The first-order valence-corrected chi connectivity index (χ1v) is 6.74. The van der Waals surface area contributed by atoms with E-state index < -0.39 is 5.91 Å². The number of carbonyl (C=O) groups excluding carboxylic acids is 1. The maximum atomic E-state index is 11.1. The topological polar surface area (TPSA) is 55.1 Å². The Morgan fingerprint density at radius 1 is 1.26 bits per heavy atom. The summed E-state index contributed by atoms with van der Waals surface area (Å²) in [4.78, 5) is 11.1. The van der Waals surface area contributed by atoms with Crippen LogP contribution in [-0.2, 0) is 6.54 Å². The van der Waals surface area contributed by atoms with E-state index in [9.17, 15) is 4.79 Å². The molecule has 0 atom stereocenters. The fraction of sp³-hybridized carbons (Fsp3) is 0.133. The van der Waals surface area contributed by atoms with Crippen LogP contribution in [-0.4, -0.2) is 5.91 Å². The normalized spacial score (nSPS) is 10.2. The van der Waals surface area contributed by atoms with Crippen LogP contribution in [0.15, 0.2) is 46.9 Å². The SMILES string of the molecule is Cc1ccc(Br)cc1NCc1cccc(C(N)=O)c1. The molecule has 19 heavy (non-hydrogen) atoms. The van der Waals surface area contributed by atoms with Gasteiger partial charge in [0.15, 0.2) is 0 Å². The lowest BCUT2D eigenvalue weighted by Crippen LogP contribution is -2.11. The van der Waals surface area contributed by atoms with Crippen LogP contribution in [0.1, 0.15) is 21.5 Å². The lowest BCUT2D eigenvalue weighted by molar-refractivity contribution is 0.1000. The lowest BCUT2D eigenvalue weighted by Gasteiger charge is -2.10. The molecule has 0 saturated carbocycles. The van der Waals surface area contributed by atoms with E-state index in [0.717, 1.165) is 15.7 Å². The highest BCUT2D eigenvalue weighted by Crippen LogP contribution is 2.21. The second-order valence-electron chi connectivity index (χ2n) is 4.38. The van der Waals surface area contributed by atoms with E-state index >= 15 is 0 Å². The minimum Gasteiger partial charge on any atom is -0.381 e. The molecule has 2 aromatic rings. The van der Waals surface area contributed by atoms with Crippen LogP contribution in [0.25, 0.3) is 0 Å². The summed E-state index contributed by atoms with van der Waals surface area (Å²) in [6, 6.07) is 13.4. The summed E-state index contributed by atoms with van der Waals surface area (Å²) in [5.74, 6) is -0.402. The number of hydrogen-bond acceptors (Lipinski definition) is 2. The van der Waals surface area contributed by atoms with Gasteiger partial charge in [-0.2, -0.15) is 0 Å². The molecule has 0 unspecified atom stereocenters. The van der Waals surface area contributed by atoms with Gasteiger partial charge in [-0.05, 0) is 42.3 Å². The Morgan fingerprint density at radius 3 is 2.79 bits per heavy atom. The Kier molecular flexibility index (Phi) is 4.22. The van der Waals surface area contributed by atoms with Crippen LogP contribution in [0.2, 0.25) is 0 Å². The van der Waals surface area contributed by atoms with Gasteiger partial charge in [0.2, 0.25) is 5.91 Å². The third kappa shape index (κ3) is 3.58. The third-order valence-electron chi connectivity index (χ3n) is 2.89. The second-order valence-corrected chi connectivity index (χ2v) is 5.29. The van der Waals surface area contributed by atoms with Crippen molar-refractivity contribution < 1.29 is 4.79 Å². The summed E-state index contributed by atoms with van der Waals surface area (Å²) in [5, 5.41) is 3.35. The van der Waals surface area contributed by atoms with E-state index in [1.165, 1.54) is 5.56 Å². The van der Waals surface area contributed by atoms with Crippen molar-refractivity contribution in [1.29, 1.82) is 0 Å². The van der Waals surface area contributed by atoms with Gasteiger partial charge in [-0.25, -0.2) is 0 Å². The predicted molar refractivity (Wildman–Crippen MR) is 81.2 cm³/mol. The maximum absolute atomic E-state index is 11.1. The third-order valence-corrected chi connectivity index (χ3v) is 3.39. The summed E-state index contributed by atoms with van der Waals surface area (Å²) in [7, 11) is 0. The number of aryl methyl sites for hydroxylation is 1. The van der Waals surface area contributed by atoms with Crippen molar-refractivity contribution in [3.8, 4) is 0 Å². The van der Waals surface area contributed by atoms with E-state index in [0.29, 0.717) is 12.1 Å². The van der Waals surface area contributed by atoms with Crippen molar-refractivity contribution in [3.63, 3.8) is 0 Å². The number of halogens is 1. The average molecular weight is 319 g/mol. The summed E-state index contributed by atoms with van der Waals surface area (Å²) >= 11 is 3.45. The molecule has 3 nitrogen and oxygen atoms in total. The molecule has 2 rings (SSSR count). The number of amides is 1. The van der Waals surface area contributed by atoms with Crippen LogP contribution >= 0.6 is 15.9 Å². The Hall–Kier alpha value is -1.81. The smallest absolute Gasteiger partial charge is 0.248 e. The summed E-state index contributed by atoms with van der Waals surface area (Å²) < 4.78 is 1.03. The van der Waals surface area contributed by atoms with E-state index in [4.69, 9.17) is 5.73 Å². The molecule has 0 radical (unpaired) electrons. The van der Waals surface area contributed by atoms with Crippen molar-refractivity contribution in [2.24, 2.45) is 5.73 Å².